The molecule has 6 nitrogen and oxygen atoms in total. The number of carbonyl (C=O) groups excluding carboxylic acids is 1. The molecule has 0 aromatic heterocycles. The van der Waals surface area contributed by atoms with Gasteiger partial charge >= 0.3 is 5.97 Å². The fraction of sp³-hybridized carbons (Fsp3) is 0.250. The third-order valence-corrected chi connectivity index (χ3v) is 1.85. The van der Waals surface area contributed by atoms with E-state index < -0.39 is 5.97 Å². The number of hydrazine groups is 1. The molecule has 0 aliphatic carbocycles. The molecule has 0 saturated heterocycles. The molecule has 0 amide bonds. The van der Waals surface area contributed by atoms with Crippen molar-refractivity contribution < 1.29 is 9.53 Å². The molecule has 0 saturated carbocycles. The second-order valence-electron chi connectivity index (χ2n) is 2.54. The van der Waals surface area contributed by atoms with E-state index in [4.69, 9.17) is 10.5 Å². The van der Waals surface area contributed by atoms with Gasteiger partial charge in [0.05, 0.1) is 19.0 Å². The highest BCUT2D eigenvalue weighted by molar-refractivity contribution is 9.11. The van der Waals surface area contributed by atoms with E-state index in [-0.39, 0.29) is 12.3 Å². The van der Waals surface area contributed by atoms with E-state index in [0.29, 0.717) is 4.61 Å². The van der Waals surface area contributed by atoms with Gasteiger partial charge in [-0.15, -0.1) is 0 Å². The Morgan fingerprint density at radius 2 is 2.60 bits per heavy atom. The lowest BCUT2D eigenvalue weighted by molar-refractivity contribution is -0.138. The summed E-state index contributed by atoms with van der Waals surface area (Å²) in [7, 11) is 0. The van der Waals surface area contributed by atoms with Crippen LogP contribution in [-0.4, -0.2) is 23.9 Å². The summed E-state index contributed by atoms with van der Waals surface area (Å²) in [5, 5.41) is 5.19. The number of allylic oxidation sites excluding steroid dienone is 1. The zero-order valence-electron chi connectivity index (χ0n) is 8.11. The topological polar surface area (TPSA) is 80.0 Å². The Morgan fingerprint density at radius 1 is 1.87 bits per heavy atom. The van der Waals surface area contributed by atoms with Crippen molar-refractivity contribution in [3.05, 3.63) is 22.6 Å². The average molecular weight is 275 g/mol. The van der Waals surface area contributed by atoms with E-state index in [1.165, 1.54) is 11.3 Å². The van der Waals surface area contributed by atoms with E-state index >= 15 is 0 Å². The molecule has 1 aliphatic rings. The van der Waals surface area contributed by atoms with Crippen LogP contribution in [0.5, 0.6) is 0 Å². The monoisotopic (exact) mass is 274 g/mol. The molecule has 0 radical (unpaired) electrons. The summed E-state index contributed by atoms with van der Waals surface area (Å²) in [6.07, 6.45) is 4.60. The van der Waals surface area contributed by atoms with Crippen LogP contribution >= 0.6 is 15.9 Å². The molecule has 0 atom stereocenters. The number of nitrogens with zero attached hydrogens (tertiary/aromatic N) is 2. The highest BCUT2D eigenvalue weighted by Gasteiger charge is 2.09. The summed E-state index contributed by atoms with van der Waals surface area (Å²) in [6, 6.07) is 0. The predicted octanol–water partition coefficient (Wildman–Crippen LogP) is 0.392. The first kappa shape index (κ1) is 11.6. The second-order valence-corrected chi connectivity index (χ2v) is 3.39. The highest BCUT2D eigenvalue weighted by atomic mass is 79.9. The molecule has 0 fully saturated rings. The van der Waals surface area contributed by atoms with Crippen LogP contribution in [0.15, 0.2) is 27.7 Å². The van der Waals surface area contributed by atoms with E-state index in [1.54, 1.807) is 19.2 Å². The number of ether oxygens (including phenoxy) is 1. The molecule has 0 bridgehead atoms. The van der Waals surface area contributed by atoms with Crippen molar-refractivity contribution in [3.63, 3.8) is 0 Å². The lowest BCUT2D eigenvalue weighted by Gasteiger charge is -2.18. The maximum atomic E-state index is 11.2. The molecule has 82 valence electrons. The van der Waals surface area contributed by atoms with Gasteiger partial charge in [0.15, 0.2) is 0 Å². The first-order valence-corrected chi connectivity index (χ1v) is 5.03. The summed E-state index contributed by atoms with van der Waals surface area (Å²) in [5.41, 5.74) is 8.24. The predicted molar refractivity (Wildman–Crippen MR) is 59.4 cm³/mol. The van der Waals surface area contributed by atoms with Crippen LogP contribution in [0.3, 0.4) is 0 Å². The largest absolute Gasteiger partial charge is 0.461 e. The third-order valence-electron chi connectivity index (χ3n) is 1.41. The van der Waals surface area contributed by atoms with Crippen LogP contribution in [0.25, 0.3) is 0 Å². The number of rotatable bonds is 3. The maximum absolute atomic E-state index is 11.2. The second kappa shape index (κ2) is 5.40. The van der Waals surface area contributed by atoms with Gasteiger partial charge in [-0.05, 0) is 28.9 Å². The zero-order chi connectivity index (χ0) is 11.3. The lowest BCUT2D eigenvalue weighted by Crippen LogP contribution is -2.31. The van der Waals surface area contributed by atoms with Gasteiger partial charge in [-0.25, -0.2) is 4.79 Å². The standard InChI is InChI=1S/C8H11BrN4O2/c1-2-15-8(14)6(10)5-13-11-4-3-7(9)12-13/h3-5,12H,2,10H2,1H3/b6-5-. The molecular formula is C8H11BrN4O2. The summed E-state index contributed by atoms with van der Waals surface area (Å²) >= 11 is 3.22. The SMILES string of the molecule is CCOC(=O)/C(N)=C/N1N=CC=C(Br)N1. The number of hydrazone groups is 1. The molecule has 15 heavy (non-hydrogen) atoms. The van der Waals surface area contributed by atoms with Crippen molar-refractivity contribution in [1.82, 2.24) is 10.5 Å². The van der Waals surface area contributed by atoms with Gasteiger partial charge in [0.25, 0.3) is 0 Å². The molecular weight excluding hydrogens is 264 g/mol. The van der Waals surface area contributed by atoms with E-state index in [9.17, 15) is 4.79 Å². The number of nitrogens with one attached hydrogen (secondary N) is 1. The number of nitrogens with two attached hydrogens (primary N) is 1. The molecule has 0 spiro atoms. The van der Waals surface area contributed by atoms with E-state index in [0.717, 1.165) is 0 Å². The van der Waals surface area contributed by atoms with Crippen LogP contribution in [0.4, 0.5) is 0 Å². The molecule has 0 unspecified atom stereocenters. The van der Waals surface area contributed by atoms with Gasteiger partial charge in [-0.2, -0.15) is 10.2 Å². The van der Waals surface area contributed by atoms with Gasteiger partial charge in [0, 0.05) is 0 Å². The number of carbonyl (C=O) groups is 1. The maximum Gasteiger partial charge on any atom is 0.355 e. The molecule has 1 heterocycles. The van der Waals surface area contributed by atoms with Crippen LogP contribution in [-0.2, 0) is 9.53 Å². The third kappa shape index (κ3) is 3.62. The van der Waals surface area contributed by atoms with Gasteiger partial charge in [-0.1, -0.05) is 0 Å². The van der Waals surface area contributed by atoms with Gasteiger partial charge in [0.1, 0.15) is 10.3 Å². The summed E-state index contributed by atoms with van der Waals surface area (Å²) in [4.78, 5) is 11.2. The molecule has 0 aromatic carbocycles. The van der Waals surface area contributed by atoms with Crippen molar-refractivity contribution >= 4 is 28.1 Å². The Bertz CT molecular complexity index is 338. The van der Waals surface area contributed by atoms with Gasteiger partial charge < -0.3 is 10.5 Å². The Kier molecular flexibility index (Phi) is 4.17. The van der Waals surface area contributed by atoms with Crippen LogP contribution < -0.4 is 11.2 Å². The van der Waals surface area contributed by atoms with E-state index in [2.05, 4.69) is 26.5 Å². The fourth-order valence-corrected chi connectivity index (χ4v) is 1.11. The number of hydrogen-bond donors (Lipinski definition) is 2. The molecule has 1 aliphatic heterocycles. The van der Waals surface area contributed by atoms with Crippen LogP contribution in [0.1, 0.15) is 6.92 Å². The molecule has 7 heteroatoms. The average Bonchev–Trinajstić information content (AvgIpc) is 2.18. The smallest absolute Gasteiger partial charge is 0.355 e. The Labute approximate surface area is 95.5 Å². The molecule has 1 rings (SSSR count). The van der Waals surface area contributed by atoms with Crippen molar-refractivity contribution in [2.24, 2.45) is 10.8 Å². The summed E-state index contributed by atoms with van der Waals surface area (Å²) in [6.45, 7) is 2.00. The van der Waals surface area contributed by atoms with Crippen molar-refractivity contribution in [1.29, 1.82) is 0 Å². The Balaban J connectivity index is 2.60. The number of esters is 1. The van der Waals surface area contributed by atoms with Crippen LogP contribution in [0.2, 0.25) is 0 Å². The van der Waals surface area contributed by atoms with Crippen molar-refractivity contribution in [2.45, 2.75) is 6.92 Å². The Morgan fingerprint density at radius 3 is 3.20 bits per heavy atom. The minimum absolute atomic E-state index is 0.0244. The van der Waals surface area contributed by atoms with Crippen LogP contribution in [0, 0.1) is 0 Å². The fourth-order valence-electron chi connectivity index (χ4n) is 0.811. The minimum atomic E-state index is -0.569. The Hall–Kier alpha value is -1.50. The first-order chi connectivity index (χ1) is 7.13. The number of halogens is 1. The minimum Gasteiger partial charge on any atom is -0.461 e. The van der Waals surface area contributed by atoms with Gasteiger partial charge in [-0.3, -0.25) is 5.43 Å². The number of hydrogen-bond acceptors (Lipinski definition) is 6. The summed E-state index contributed by atoms with van der Waals surface area (Å²) in [5.74, 6) is -0.569. The summed E-state index contributed by atoms with van der Waals surface area (Å²) < 4.78 is 5.42. The van der Waals surface area contributed by atoms with E-state index in [1.807, 2.05) is 0 Å². The quantitative estimate of drug-likeness (QED) is 0.442. The highest BCUT2D eigenvalue weighted by Crippen LogP contribution is 2.05. The molecule has 3 N–H and O–H groups in total. The lowest BCUT2D eigenvalue weighted by atomic mass is 10.5. The van der Waals surface area contributed by atoms with Crippen molar-refractivity contribution in [2.75, 3.05) is 6.61 Å². The first-order valence-electron chi connectivity index (χ1n) is 4.23. The van der Waals surface area contributed by atoms with Gasteiger partial charge in [0.2, 0.25) is 0 Å². The normalized spacial score (nSPS) is 15.7. The zero-order valence-corrected chi connectivity index (χ0v) is 9.69. The molecule has 0 aromatic rings. The van der Waals surface area contributed by atoms with Crippen molar-refractivity contribution in [3.8, 4) is 0 Å².